The van der Waals surface area contributed by atoms with Crippen molar-refractivity contribution in [1.29, 1.82) is 0 Å². The molecular weight excluding hydrogens is 468 g/mol. The Balaban J connectivity index is 0.990. The zero-order chi connectivity index (χ0) is 24.4. The summed E-state index contributed by atoms with van der Waals surface area (Å²) in [6, 6.07) is 8.52. The van der Waals surface area contributed by atoms with Crippen LogP contribution >= 0.6 is 11.5 Å². The van der Waals surface area contributed by atoms with E-state index in [2.05, 4.69) is 40.6 Å². The molecule has 2 aromatic rings. The van der Waals surface area contributed by atoms with Gasteiger partial charge in [0.1, 0.15) is 5.82 Å². The van der Waals surface area contributed by atoms with Gasteiger partial charge in [-0.05, 0) is 73.0 Å². The van der Waals surface area contributed by atoms with Crippen molar-refractivity contribution < 1.29 is 9.59 Å². The Kier molecular flexibility index (Phi) is 5.69. The van der Waals surface area contributed by atoms with E-state index in [0.717, 1.165) is 57.8 Å². The highest BCUT2D eigenvalue weighted by atomic mass is 32.1. The van der Waals surface area contributed by atoms with Gasteiger partial charge in [0.25, 0.3) is 0 Å². The van der Waals surface area contributed by atoms with Crippen molar-refractivity contribution in [3.8, 4) is 0 Å². The SMILES string of the molecule is C=C1C[C@@H]2C[C@H]1[C@@H]1C(=O)N(C[C@@H]3CCCC[C@H]3CN3CCN(c4nsc5ccccc45)CC3)C(=O)[C@H]21. The van der Waals surface area contributed by atoms with Gasteiger partial charge in [-0.15, -0.1) is 0 Å². The molecule has 3 aliphatic carbocycles. The molecule has 7 rings (SSSR count). The number of hydrogen-bond acceptors (Lipinski definition) is 6. The van der Waals surface area contributed by atoms with Crippen LogP contribution in [-0.4, -0.2) is 65.3 Å². The number of aromatic nitrogens is 1. The maximum atomic E-state index is 13.4. The average molecular weight is 505 g/mol. The summed E-state index contributed by atoms with van der Waals surface area (Å²) >= 11 is 1.59. The number of benzene rings is 1. The lowest BCUT2D eigenvalue weighted by atomic mass is 9.78. The maximum Gasteiger partial charge on any atom is 0.233 e. The standard InChI is InChI=1S/C29H36N4O2S/c1-18-14-21-15-23(18)26-25(21)28(34)33(29(26)35)17-20-7-3-2-6-19(20)16-31-10-12-32(13-11-31)27-22-8-4-5-9-24(22)36-30-27/h4-5,8-9,19-21,23,25-26H,1-3,6-7,10-17H2/t19-,20-,21+,23+,25+,26-/m0/s1. The molecule has 0 unspecified atom stereocenters. The van der Waals surface area contributed by atoms with Crippen molar-refractivity contribution in [2.75, 3.05) is 44.2 Å². The number of imide groups is 1. The lowest BCUT2D eigenvalue weighted by Crippen LogP contribution is -2.49. The summed E-state index contributed by atoms with van der Waals surface area (Å²) in [5.74, 6) is 2.87. The van der Waals surface area contributed by atoms with Crippen LogP contribution in [0.1, 0.15) is 38.5 Å². The van der Waals surface area contributed by atoms with Crippen LogP contribution < -0.4 is 4.90 Å². The third-order valence-electron chi connectivity index (χ3n) is 10.0. The number of fused-ring (bicyclic) bond motifs is 6. The summed E-state index contributed by atoms with van der Waals surface area (Å²) in [7, 11) is 0. The first-order valence-electron chi connectivity index (χ1n) is 13.9. The molecule has 1 aromatic heterocycles. The van der Waals surface area contributed by atoms with E-state index in [-0.39, 0.29) is 29.6 Å². The summed E-state index contributed by atoms with van der Waals surface area (Å²) in [6.07, 6.45) is 6.80. The predicted molar refractivity (Wildman–Crippen MR) is 143 cm³/mol. The number of nitrogens with zero attached hydrogens (tertiary/aromatic N) is 4. The van der Waals surface area contributed by atoms with Gasteiger partial charge in [-0.25, -0.2) is 0 Å². The monoisotopic (exact) mass is 504 g/mol. The molecule has 6 atom stereocenters. The van der Waals surface area contributed by atoms with E-state index in [1.807, 2.05) is 0 Å². The number of carbonyl (C=O) groups is 2. The first kappa shape index (κ1) is 22.9. The number of allylic oxidation sites excluding steroid dienone is 1. The molecule has 2 aliphatic heterocycles. The van der Waals surface area contributed by atoms with E-state index in [4.69, 9.17) is 4.37 Å². The molecule has 0 radical (unpaired) electrons. The van der Waals surface area contributed by atoms with E-state index in [0.29, 0.717) is 24.3 Å². The lowest BCUT2D eigenvalue weighted by molar-refractivity contribution is -0.142. The second kappa shape index (κ2) is 8.95. The van der Waals surface area contributed by atoms with Gasteiger partial charge in [0.15, 0.2) is 0 Å². The van der Waals surface area contributed by atoms with Crippen molar-refractivity contribution in [2.24, 2.45) is 35.5 Å². The predicted octanol–water partition coefficient (Wildman–Crippen LogP) is 4.42. The van der Waals surface area contributed by atoms with Crippen molar-refractivity contribution in [3.05, 3.63) is 36.4 Å². The van der Waals surface area contributed by atoms with Crippen molar-refractivity contribution in [1.82, 2.24) is 14.2 Å². The van der Waals surface area contributed by atoms with Gasteiger partial charge >= 0.3 is 0 Å². The van der Waals surface area contributed by atoms with Gasteiger partial charge < -0.3 is 4.90 Å². The fourth-order valence-corrected chi connectivity index (χ4v) is 8.98. The molecule has 190 valence electrons. The molecule has 2 saturated heterocycles. The summed E-state index contributed by atoms with van der Waals surface area (Å²) in [4.78, 5) is 33.5. The molecule has 36 heavy (non-hydrogen) atoms. The molecule has 5 fully saturated rings. The van der Waals surface area contributed by atoms with Gasteiger partial charge in [-0.2, -0.15) is 4.37 Å². The van der Waals surface area contributed by atoms with Gasteiger partial charge in [-0.3, -0.25) is 19.4 Å². The van der Waals surface area contributed by atoms with Crippen LogP contribution in [0.25, 0.3) is 10.1 Å². The Morgan fingerprint density at radius 1 is 0.944 bits per heavy atom. The van der Waals surface area contributed by atoms with Gasteiger partial charge in [0.2, 0.25) is 11.8 Å². The largest absolute Gasteiger partial charge is 0.353 e. The van der Waals surface area contributed by atoms with E-state index >= 15 is 0 Å². The van der Waals surface area contributed by atoms with E-state index in [9.17, 15) is 9.59 Å². The summed E-state index contributed by atoms with van der Waals surface area (Å²) in [5.41, 5.74) is 1.21. The molecular formula is C29H36N4O2S. The van der Waals surface area contributed by atoms with Crippen LogP contribution in [0, 0.1) is 35.5 Å². The number of amides is 2. The Morgan fingerprint density at radius 2 is 1.67 bits per heavy atom. The number of piperazine rings is 1. The van der Waals surface area contributed by atoms with Crippen molar-refractivity contribution in [3.63, 3.8) is 0 Å². The molecule has 2 bridgehead atoms. The Hall–Kier alpha value is -2.25. The van der Waals surface area contributed by atoms with Crippen LogP contribution in [0.4, 0.5) is 5.82 Å². The van der Waals surface area contributed by atoms with Crippen molar-refractivity contribution in [2.45, 2.75) is 38.5 Å². The molecule has 0 spiro atoms. The van der Waals surface area contributed by atoms with Gasteiger partial charge in [0, 0.05) is 44.7 Å². The molecule has 5 aliphatic rings. The Labute approximate surface area is 217 Å². The highest BCUT2D eigenvalue weighted by Crippen LogP contribution is 2.58. The molecule has 1 aromatic carbocycles. The first-order chi connectivity index (χ1) is 17.6. The second-order valence-corrected chi connectivity index (χ2v) is 12.7. The molecule has 7 heteroatoms. The number of anilines is 1. The summed E-state index contributed by atoms with van der Waals surface area (Å²) in [5, 5.41) is 1.27. The summed E-state index contributed by atoms with van der Waals surface area (Å²) < 4.78 is 6.02. The fourth-order valence-electron chi connectivity index (χ4n) is 8.19. The molecule has 2 amide bonds. The van der Waals surface area contributed by atoms with Gasteiger partial charge in [-0.1, -0.05) is 37.1 Å². The highest BCUT2D eigenvalue weighted by Gasteiger charge is 2.62. The second-order valence-electron chi connectivity index (χ2n) is 11.9. The summed E-state index contributed by atoms with van der Waals surface area (Å²) in [6.45, 7) is 10.1. The van der Waals surface area contributed by atoms with Crippen LogP contribution in [0.5, 0.6) is 0 Å². The van der Waals surface area contributed by atoms with E-state index in [1.165, 1.54) is 34.9 Å². The van der Waals surface area contributed by atoms with Gasteiger partial charge in [0.05, 0.1) is 16.5 Å². The first-order valence-corrected chi connectivity index (χ1v) is 14.7. The number of carbonyl (C=O) groups excluding carboxylic acids is 2. The van der Waals surface area contributed by atoms with Crippen LogP contribution in [0.15, 0.2) is 36.4 Å². The topological polar surface area (TPSA) is 56.8 Å². The van der Waals surface area contributed by atoms with Crippen LogP contribution in [-0.2, 0) is 9.59 Å². The third-order valence-corrected chi connectivity index (χ3v) is 10.9. The zero-order valence-corrected chi connectivity index (χ0v) is 21.8. The Morgan fingerprint density at radius 3 is 2.47 bits per heavy atom. The molecule has 0 N–H and O–H groups in total. The number of hydrogen-bond donors (Lipinski definition) is 0. The minimum Gasteiger partial charge on any atom is -0.353 e. The molecule has 3 heterocycles. The molecule has 3 saturated carbocycles. The third kappa shape index (κ3) is 3.65. The van der Waals surface area contributed by atoms with E-state index < -0.39 is 0 Å². The molecule has 6 nitrogen and oxygen atoms in total. The maximum absolute atomic E-state index is 13.4. The van der Waals surface area contributed by atoms with Crippen LogP contribution in [0.2, 0.25) is 0 Å². The minimum absolute atomic E-state index is 0.0510. The number of rotatable bonds is 5. The van der Waals surface area contributed by atoms with Crippen LogP contribution in [0.3, 0.4) is 0 Å². The smallest absolute Gasteiger partial charge is 0.233 e. The fraction of sp³-hybridized carbons (Fsp3) is 0.621. The lowest BCUT2D eigenvalue weighted by Gasteiger charge is -2.40. The van der Waals surface area contributed by atoms with E-state index in [1.54, 1.807) is 16.4 Å². The minimum atomic E-state index is -0.0966. The number of likely N-dealkylation sites (tertiary alicyclic amines) is 1. The highest BCUT2D eigenvalue weighted by molar-refractivity contribution is 7.13. The normalized spacial score (nSPS) is 34.8. The quantitative estimate of drug-likeness (QED) is 0.446. The zero-order valence-electron chi connectivity index (χ0n) is 21.0. The van der Waals surface area contributed by atoms with Crippen molar-refractivity contribution >= 4 is 39.3 Å². The Bertz CT molecular complexity index is 1200. The average Bonchev–Trinajstić information content (AvgIpc) is 3.64.